The monoisotopic (exact) mass is 414 g/mol. The first kappa shape index (κ1) is 20.4. The molecule has 1 heterocycles. The summed E-state index contributed by atoms with van der Waals surface area (Å²) in [6.07, 6.45) is 1.67. The number of carbonyl (C=O) groups is 2. The first-order chi connectivity index (χ1) is 13.9. The van der Waals surface area contributed by atoms with Gasteiger partial charge in [-0.25, -0.2) is 4.79 Å². The molecule has 1 aliphatic heterocycles. The van der Waals surface area contributed by atoms with Crippen LogP contribution in [0.5, 0.6) is 11.5 Å². The molecule has 0 saturated carbocycles. The molecule has 29 heavy (non-hydrogen) atoms. The lowest BCUT2D eigenvalue weighted by molar-refractivity contribution is -0.139. The van der Waals surface area contributed by atoms with Crippen LogP contribution in [0, 0.1) is 0 Å². The number of halogens is 1. The third-order valence-corrected chi connectivity index (χ3v) is 4.33. The molecule has 8 heteroatoms. The molecule has 0 fully saturated rings. The maximum atomic E-state index is 12.8. The van der Waals surface area contributed by atoms with E-state index in [1.165, 1.54) is 5.01 Å². The highest BCUT2D eigenvalue weighted by Gasteiger charge is 2.28. The van der Waals surface area contributed by atoms with Gasteiger partial charge in [-0.2, -0.15) is 10.1 Å². The van der Waals surface area contributed by atoms with Gasteiger partial charge in [0.2, 0.25) is 0 Å². The molecule has 0 unspecified atom stereocenters. The summed E-state index contributed by atoms with van der Waals surface area (Å²) in [5.41, 5.74) is 2.27. The number of ether oxygens (including phenoxy) is 2. The summed E-state index contributed by atoms with van der Waals surface area (Å²) >= 11 is 6.28. The number of carboxylic acid groups (broad SMARTS) is 1. The van der Waals surface area contributed by atoms with Crippen LogP contribution in [0.15, 0.2) is 53.1 Å². The zero-order valence-electron chi connectivity index (χ0n) is 15.9. The van der Waals surface area contributed by atoms with Crippen LogP contribution in [-0.2, 0) is 9.59 Å². The summed E-state index contributed by atoms with van der Waals surface area (Å²) in [5.74, 6) is -0.937. The highest BCUT2D eigenvalue weighted by atomic mass is 35.5. The largest absolute Gasteiger partial charge is 0.490 e. The maximum Gasteiger partial charge on any atom is 0.341 e. The number of anilines is 1. The van der Waals surface area contributed by atoms with Gasteiger partial charge in [0.25, 0.3) is 5.91 Å². The normalized spacial score (nSPS) is 14.9. The number of benzene rings is 2. The number of hydrogen-bond acceptors (Lipinski definition) is 5. The highest BCUT2D eigenvalue weighted by molar-refractivity contribution is 6.33. The predicted molar refractivity (Wildman–Crippen MR) is 111 cm³/mol. The van der Waals surface area contributed by atoms with Gasteiger partial charge < -0.3 is 14.6 Å². The Balaban J connectivity index is 1.94. The van der Waals surface area contributed by atoms with E-state index in [-0.39, 0.29) is 16.7 Å². The lowest BCUT2D eigenvalue weighted by Crippen LogP contribution is -2.21. The van der Waals surface area contributed by atoms with Crippen molar-refractivity contribution in [1.29, 1.82) is 0 Å². The van der Waals surface area contributed by atoms with Crippen LogP contribution >= 0.6 is 11.6 Å². The molecule has 0 radical (unpaired) electrons. The number of hydrogen-bond donors (Lipinski definition) is 1. The van der Waals surface area contributed by atoms with Crippen molar-refractivity contribution in [1.82, 2.24) is 0 Å². The molecule has 0 bridgehead atoms. The van der Waals surface area contributed by atoms with E-state index in [9.17, 15) is 9.59 Å². The number of aliphatic carboxylic acids is 1. The van der Waals surface area contributed by atoms with Gasteiger partial charge in [-0.3, -0.25) is 4.79 Å². The molecule has 0 aliphatic carbocycles. The van der Waals surface area contributed by atoms with Crippen molar-refractivity contribution in [3.63, 3.8) is 0 Å². The summed E-state index contributed by atoms with van der Waals surface area (Å²) in [5, 5.41) is 14.7. The number of nitrogens with zero attached hydrogens (tertiary/aromatic N) is 2. The third-order valence-electron chi connectivity index (χ3n) is 4.05. The average Bonchev–Trinajstić information content (AvgIpc) is 2.96. The van der Waals surface area contributed by atoms with Crippen molar-refractivity contribution in [2.45, 2.75) is 13.8 Å². The lowest BCUT2D eigenvalue weighted by Gasteiger charge is -2.14. The summed E-state index contributed by atoms with van der Waals surface area (Å²) in [6, 6.07) is 12.4. The smallest absolute Gasteiger partial charge is 0.341 e. The summed E-state index contributed by atoms with van der Waals surface area (Å²) < 4.78 is 10.8. The van der Waals surface area contributed by atoms with Crippen LogP contribution in [0.25, 0.3) is 6.08 Å². The van der Waals surface area contributed by atoms with Crippen molar-refractivity contribution < 1.29 is 24.2 Å². The van der Waals surface area contributed by atoms with E-state index in [2.05, 4.69) is 5.10 Å². The minimum Gasteiger partial charge on any atom is -0.490 e. The molecule has 0 aromatic heterocycles. The zero-order chi connectivity index (χ0) is 21.0. The van der Waals surface area contributed by atoms with Crippen LogP contribution < -0.4 is 14.5 Å². The summed E-state index contributed by atoms with van der Waals surface area (Å²) in [4.78, 5) is 23.6. The highest BCUT2D eigenvalue weighted by Crippen LogP contribution is 2.37. The van der Waals surface area contributed by atoms with Gasteiger partial charge in [0, 0.05) is 0 Å². The van der Waals surface area contributed by atoms with Crippen molar-refractivity contribution >= 4 is 41.0 Å². The van der Waals surface area contributed by atoms with Crippen molar-refractivity contribution in [3.05, 3.63) is 58.6 Å². The fraction of sp³-hybridized carbons (Fsp3) is 0.190. The van der Waals surface area contributed by atoms with Gasteiger partial charge in [-0.1, -0.05) is 29.8 Å². The van der Waals surface area contributed by atoms with E-state index in [1.54, 1.807) is 44.2 Å². The minimum atomic E-state index is -1.13. The van der Waals surface area contributed by atoms with E-state index in [0.717, 1.165) is 0 Å². The van der Waals surface area contributed by atoms with E-state index < -0.39 is 12.6 Å². The Hall–Kier alpha value is -3.32. The Bertz CT molecular complexity index is 1000. The molecule has 3 rings (SSSR count). The van der Waals surface area contributed by atoms with Crippen LogP contribution in [0.3, 0.4) is 0 Å². The number of carbonyl (C=O) groups excluding carboxylic acids is 1. The molecule has 150 valence electrons. The third kappa shape index (κ3) is 4.57. The van der Waals surface area contributed by atoms with Gasteiger partial charge in [0.05, 0.1) is 28.6 Å². The number of para-hydroxylation sites is 1. The van der Waals surface area contributed by atoms with E-state index in [1.807, 2.05) is 18.2 Å². The van der Waals surface area contributed by atoms with Crippen LogP contribution in [0.4, 0.5) is 5.69 Å². The molecular weight excluding hydrogens is 396 g/mol. The standard InChI is InChI=1S/C21H19ClN2O5/c1-3-28-18-11-14(10-17(22)20(18)29-12-19(25)26)9-16-13(2)23-24(21(16)27)15-7-5-4-6-8-15/h4-11H,3,12H2,1-2H3,(H,25,26)/b16-9+. The number of rotatable bonds is 7. The summed E-state index contributed by atoms with van der Waals surface area (Å²) in [6.45, 7) is 3.33. The molecule has 1 N–H and O–H groups in total. The molecule has 0 saturated heterocycles. The first-order valence-corrected chi connectivity index (χ1v) is 9.26. The molecular formula is C21H19ClN2O5. The molecule has 7 nitrogen and oxygen atoms in total. The Morgan fingerprint density at radius 1 is 1.24 bits per heavy atom. The minimum absolute atomic E-state index is 0.145. The fourth-order valence-electron chi connectivity index (χ4n) is 2.80. The van der Waals surface area contributed by atoms with Crippen molar-refractivity contribution in [2.75, 3.05) is 18.2 Å². The Kier molecular flexibility index (Phi) is 6.19. The maximum absolute atomic E-state index is 12.8. The van der Waals surface area contributed by atoms with Crippen molar-refractivity contribution in [3.8, 4) is 11.5 Å². The topological polar surface area (TPSA) is 88.4 Å². The first-order valence-electron chi connectivity index (χ1n) is 8.88. The second kappa shape index (κ2) is 8.79. The number of amides is 1. The second-order valence-corrected chi connectivity index (χ2v) is 6.55. The molecule has 1 aliphatic rings. The number of hydrazone groups is 1. The molecule has 2 aromatic rings. The Labute approximate surface area is 172 Å². The molecule has 0 spiro atoms. The van der Waals surface area contributed by atoms with Crippen LogP contribution in [-0.4, -0.2) is 35.9 Å². The SMILES string of the molecule is CCOc1cc(/C=C2/C(=O)N(c3ccccc3)N=C2C)cc(Cl)c1OCC(=O)O. The zero-order valence-corrected chi connectivity index (χ0v) is 16.6. The quantitative estimate of drug-likeness (QED) is 0.691. The van der Waals surface area contributed by atoms with Crippen LogP contribution in [0.2, 0.25) is 5.02 Å². The van der Waals surface area contributed by atoms with Gasteiger partial charge in [0.15, 0.2) is 18.1 Å². The van der Waals surface area contributed by atoms with Gasteiger partial charge in [-0.05, 0) is 49.8 Å². The van der Waals surface area contributed by atoms with E-state index in [4.69, 9.17) is 26.2 Å². The average molecular weight is 415 g/mol. The Morgan fingerprint density at radius 3 is 2.62 bits per heavy atom. The molecule has 2 aromatic carbocycles. The number of carboxylic acids is 1. The molecule has 1 amide bonds. The fourth-order valence-corrected chi connectivity index (χ4v) is 3.08. The van der Waals surface area contributed by atoms with Gasteiger partial charge in [-0.15, -0.1) is 0 Å². The van der Waals surface area contributed by atoms with Crippen LogP contribution in [0.1, 0.15) is 19.4 Å². The van der Waals surface area contributed by atoms with Gasteiger partial charge in [0.1, 0.15) is 0 Å². The van der Waals surface area contributed by atoms with E-state index >= 15 is 0 Å². The predicted octanol–water partition coefficient (Wildman–Crippen LogP) is 4.01. The van der Waals surface area contributed by atoms with Crippen molar-refractivity contribution in [2.24, 2.45) is 5.10 Å². The molecule has 0 atom stereocenters. The Morgan fingerprint density at radius 2 is 1.97 bits per heavy atom. The summed E-state index contributed by atoms with van der Waals surface area (Å²) in [7, 11) is 0. The van der Waals surface area contributed by atoms with E-state index in [0.29, 0.717) is 34.9 Å². The second-order valence-electron chi connectivity index (χ2n) is 6.14. The van der Waals surface area contributed by atoms with Gasteiger partial charge >= 0.3 is 5.97 Å². The lowest BCUT2D eigenvalue weighted by atomic mass is 10.1.